The molecule has 0 heterocycles. The van der Waals surface area contributed by atoms with E-state index in [-0.39, 0.29) is 11.3 Å². The van der Waals surface area contributed by atoms with Crippen LogP contribution in [0.1, 0.15) is 15.9 Å². The van der Waals surface area contributed by atoms with Crippen molar-refractivity contribution in [3.05, 3.63) is 57.8 Å². The van der Waals surface area contributed by atoms with Gasteiger partial charge in [-0.1, -0.05) is 22.0 Å². The van der Waals surface area contributed by atoms with Crippen LogP contribution in [0.2, 0.25) is 0 Å². The standard InChI is InChI=1S/C14H11BrFNO2/c1-19-12-4-2-3-9(13(12)16)14(18)10-7-8(17)5-6-11(10)15/h2-7H,17H2,1H3. The van der Waals surface area contributed by atoms with Crippen LogP contribution in [0, 0.1) is 5.82 Å². The summed E-state index contributed by atoms with van der Waals surface area (Å²) < 4.78 is 19.5. The fraction of sp³-hybridized carbons (Fsp3) is 0.0714. The van der Waals surface area contributed by atoms with Gasteiger partial charge in [-0.25, -0.2) is 4.39 Å². The Morgan fingerprint density at radius 3 is 2.68 bits per heavy atom. The molecular formula is C14H11BrFNO2. The second-order valence-electron chi connectivity index (χ2n) is 3.89. The lowest BCUT2D eigenvalue weighted by atomic mass is 10.0. The van der Waals surface area contributed by atoms with Crippen LogP contribution >= 0.6 is 15.9 Å². The van der Waals surface area contributed by atoms with Crippen molar-refractivity contribution in [1.82, 2.24) is 0 Å². The van der Waals surface area contributed by atoms with Gasteiger partial charge in [0.2, 0.25) is 0 Å². The minimum atomic E-state index is -0.677. The molecule has 3 nitrogen and oxygen atoms in total. The first kappa shape index (κ1) is 13.5. The summed E-state index contributed by atoms with van der Waals surface area (Å²) in [6, 6.07) is 9.25. The number of rotatable bonds is 3. The molecule has 0 bridgehead atoms. The summed E-state index contributed by atoms with van der Waals surface area (Å²) in [5.74, 6) is -1.09. The van der Waals surface area contributed by atoms with E-state index in [9.17, 15) is 9.18 Å². The van der Waals surface area contributed by atoms with Gasteiger partial charge in [-0.15, -0.1) is 0 Å². The number of benzene rings is 2. The maximum atomic E-state index is 14.0. The Balaban J connectivity index is 2.53. The highest BCUT2D eigenvalue weighted by Crippen LogP contribution is 2.26. The van der Waals surface area contributed by atoms with Crippen molar-refractivity contribution in [2.24, 2.45) is 0 Å². The molecule has 5 heteroatoms. The van der Waals surface area contributed by atoms with Gasteiger partial charge in [0.25, 0.3) is 0 Å². The number of hydrogen-bond donors (Lipinski definition) is 1. The van der Waals surface area contributed by atoms with Crippen LogP contribution in [0.3, 0.4) is 0 Å². The van der Waals surface area contributed by atoms with Crippen LogP contribution in [0.25, 0.3) is 0 Å². The summed E-state index contributed by atoms with van der Waals surface area (Å²) in [6.07, 6.45) is 0. The van der Waals surface area contributed by atoms with Gasteiger partial charge in [-0.05, 0) is 30.3 Å². The van der Waals surface area contributed by atoms with Crippen molar-refractivity contribution >= 4 is 27.4 Å². The van der Waals surface area contributed by atoms with Gasteiger partial charge in [-0.3, -0.25) is 4.79 Å². The molecule has 98 valence electrons. The number of nitrogens with two attached hydrogens (primary N) is 1. The average Bonchev–Trinajstić information content (AvgIpc) is 2.41. The first-order valence-corrected chi connectivity index (χ1v) is 6.26. The van der Waals surface area contributed by atoms with E-state index < -0.39 is 11.6 Å². The summed E-state index contributed by atoms with van der Waals surface area (Å²) >= 11 is 3.26. The summed E-state index contributed by atoms with van der Waals surface area (Å²) in [4.78, 5) is 12.3. The minimum absolute atomic E-state index is 0.0332. The highest BCUT2D eigenvalue weighted by molar-refractivity contribution is 9.10. The van der Waals surface area contributed by atoms with Gasteiger partial charge in [0.1, 0.15) is 0 Å². The molecule has 0 fully saturated rings. The molecule has 0 atom stereocenters. The molecular weight excluding hydrogens is 313 g/mol. The molecule has 0 amide bonds. The molecule has 0 aliphatic carbocycles. The Bertz CT molecular complexity index is 643. The van der Waals surface area contributed by atoms with E-state index in [2.05, 4.69) is 15.9 Å². The van der Waals surface area contributed by atoms with Crippen molar-refractivity contribution in [1.29, 1.82) is 0 Å². The Morgan fingerprint density at radius 2 is 2.00 bits per heavy atom. The van der Waals surface area contributed by atoms with E-state index in [1.165, 1.54) is 25.3 Å². The Hall–Kier alpha value is -1.88. The highest BCUT2D eigenvalue weighted by Gasteiger charge is 2.19. The van der Waals surface area contributed by atoms with Crippen LogP contribution in [-0.4, -0.2) is 12.9 Å². The van der Waals surface area contributed by atoms with Gasteiger partial charge >= 0.3 is 0 Å². The first-order chi connectivity index (χ1) is 9.04. The van der Waals surface area contributed by atoms with E-state index in [1.807, 2.05) is 0 Å². The Morgan fingerprint density at radius 1 is 1.26 bits per heavy atom. The summed E-state index contributed by atoms with van der Waals surface area (Å²) in [5.41, 5.74) is 6.35. The third-order valence-corrected chi connectivity index (χ3v) is 3.35. The van der Waals surface area contributed by atoms with Gasteiger partial charge in [0, 0.05) is 15.7 Å². The predicted octanol–water partition coefficient (Wildman–Crippen LogP) is 3.41. The van der Waals surface area contributed by atoms with Crippen molar-refractivity contribution in [3.63, 3.8) is 0 Å². The number of carbonyl (C=O) groups excluding carboxylic acids is 1. The van der Waals surface area contributed by atoms with Crippen LogP contribution < -0.4 is 10.5 Å². The Labute approximate surface area is 118 Å². The molecule has 2 N–H and O–H groups in total. The minimum Gasteiger partial charge on any atom is -0.494 e. The lowest BCUT2D eigenvalue weighted by molar-refractivity contribution is 0.103. The topological polar surface area (TPSA) is 52.3 Å². The molecule has 0 unspecified atom stereocenters. The largest absolute Gasteiger partial charge is 0.494 e. The number of anilines is 1. The number of ether oxygens (including phenoxy) is 1. The van der Waals surface area contributed by atoms with E-state index in [1.54, 1.807) is 18.2 Å². The summed E-state index contributed by atoms with van der Waals surface area (Å²) in [6.45, 7) is 0. The van der Waals surface area contributed by atoms with Crippen molar-refractivity contribution in [3.8, 4) is 5.75 Å². The number of halogens is 2. The van der Waals surface area contributed by atoms with Gasteiger partial charge in [-0.2, -0.15) is 0 Å². The van der Waals surface area contributed by atoms with E-state index in [0.29, 0.717) is 15.7 Å². The molecule has 0 aliphatic heterocycles. The fourth-order valence-electron chi connectivity index (χ4n) is 1.71. The molecule has 0 aliphatic rings. The smallest absolute Gasteiger partial charge is 0.197 e. The molecule has 0 saturated heterocycles. The van der Waals surface area contributed by atoms with Gasteiger partial charge < -0.3 is 10.5 Å². The Kier molecular flexibility index (Phi) is 3.85. The lowest BCUT2D eigenvalue weighted by Gasteiger charge is -2.08. The molecule has 2 aromatic carbocycles. The monoisotopic (exact) mass is 323 g/mol. The summed E-state index contributed by atoms with van der Waals surface area (Å²) in [7, 11) is 1.35. The van der Waals surface area contributed by atoms with Crippen LogP contribution in [0.5, 0.6) is 5.75 Å². The molecule has 2 aromatic rings. The highest BCUT2D eigenvalue weighted by atomic mass is 79.9. The third kappa shape index (κ3) is 2.61. The van der Waals surface area contributed by atoms with Crippen molar-refractivity contribution in [2.45, 2.75) is 0 Å². The summed E-state index contributed by atoms with van der Waals surface area (Å²) in [5, 5.41) is 0. The first-order valence-electron chi connectivity index (χ1n) is 5.47. The predicted molar refractivity (Wildman–Crippen MR) is 74.9 cm³/mol. The second kappa shape index (κ2) is 5.40. The van der Waals surface area contributed by atoms with Gasteiger partial charge in [0.15, 0.2) is 17.3 Å². The van der Waals surface area contributed by atoms with Crippen molar-refractivity contribution in [2.75, 3.05) is 12.8 Å². The van der Waals surface area contributed by atoms with E-state index >= 15 is 0 Å². The zero-order valence-corrected chi connectivity index (χ0v) is 11.7. The zero-order chi connectivity index (χ0) is 14.0. The average molecular weight is 324 g/mol. The fourth-order valence-corrected chi connectivity index (χ4v) is 2.13. The van der Waals surface area contributed by atoms with E-state index in [4.69, 9.17) is 10.5 Å². The van der Waals surface area contributed by atoms with Crippen LogP contribution in [0.15, 0.2) is 40.9 Å². The number of methoxy groups -OCH3 is 1. The van der Waals surface area contributed by atoms with Gasteiger partial charge in [0.05, 0.1) is 12.7 Å². The number of carbonyl (C=O) groups is 1. The molecule has 0 spiro atoms. The molecule has 19 heavy (non-hydrogen) atoms. The number of nitrogen functional groups attached to an aromatic ring is 1. The molecule has 0 saturated carbocycles. The lowest BCUT2D eigenvalue weighted by Crippen LogP contribution is -2.07. The normalized spacial score (nSPS) is 10.3. The van der Waals surface area contributed by atoms with Crippen LogP contribution in [-0.2, 0) is 0 Å². The maximum Gasteiger partial charge on any atom is 0.197 e. The SMILES string of the molecule is COc1cccc(C(=O)c2cc(N)ccc2Br)c1F. The molecule has 0 aromatic heterocycles. The zero-order valence-electron chi connectivity index (χ0n) is 10.1. The number of ketones is 1. The van der Waals surface area contributed by atoms with Crippen LogP contribution in [0.4, 0.5) is 10.1 Å². The van der Waals surface area contributed by atoms with E-state index in [0.717, 1.165) is 0 Å². The third-order valence-electron chi connectivity index (χ3n) is 2.66. The molecule has 0 radical (unpaired) electrons. The second-order valence-corrected chi connectivity index (χ2v) is 4.74. The quantitative estimate of drug-likeness (QED) is 0.695. The maximum absolute atomic E-state index is 14.0. The van der Waals surface area contributed by atoms with Crippen molar-refractivity contribution < 1.29 is 13.9 Å². The number of hydrogen-bond acceptors (Lipinski definition) is 3. The molecule has 2 rings (SSSR count).